The molecule has 0 saturated heterocycles. The zero-order chi connectivity index (χ0) is 39.8. The van der Waals surface area contributed by atoms with Crippen molar-refractivity contribution in [3.8, 4) is 39.5 Å². The topological polar surface area (TPSA) is 47.7 Å². The van der Waals surface area contributed by atoms with Crippen LogP contribution in [0.4, 0.5) is 0 Å². The highest BCUT2D eigenvalue weighted by Gasteiger charge is 2.34. The number of aromatic nitrogens is 4. The Morgan fingerprint density at radius 2 is 1.32 bits per heavy atom. The molecule has 0 bridgehead atoms. The molecule has 8 aromatic rings. The molecule has 5 heteroatoms. The fourth-order valence-electron chi connectivity index (χ4n) is 8.23. The molecule has 8 rings (SSSR count). The molecule has 0 atom stereocenters. The number of nitrogens with zero attached hydrogens (tertiary/aromatic N) is 4. The van der Waals surface area contributed by atoms with Crippen LogP contribution in [0.25, 0.3) is 72.4 Å². The maximum absolute atomic E-state index is 7.02. The quantitative estimate of drug-likeness (QED) is 0.160. The lowest BCUT2D eigenvalue weighted by molar-refractivity contribution is -0.633. The Labute approximate surface area is 332 Å². The molecule has 0 unspecified atom stereocenters. The lowest BCUT2D eigenvalue weighted by Gasteiger charge is -2.22. The summed E-state index contributed by atoms with van der Waals surface area (Å²) in [6.45, 7) is 24.8. The summed E-state index contributed by atoms with van der Waals surface area (Å²) in [7, 11) is 2.20. The fourth-order valence-corrected chi connectivity index (χ4v) is 8.23. The number of rotatable bonds is 6. The van der Waals surface area contributed by atoms with Crippen LogP contribution in [0.1, 0.15) is 109 Å². The first-order valence-electron chi connectivity index (χ1n) is 20.1. The summed E-state index contributed by atoms with van der Waals surface area (Å²) >= 11 is 0. The van der Waals surface area contributed by atoms with Crippen molar-refractivity contribution in [1.82, 2.24) is 14.5 Å². The molecule has 0 radical (unpaired) electrons. The van der Waals surface area contributed by atoms with Crippen molar-refractivity contribution in [1.29, 1.82) is 0 Å². The molecule has 0 aliphatic rings. The standard InChI is InChI=1S/C51H55N4O/c1-30(2)39-27-35(33-18-21-36(22-19-33)50(6,7)8)28-40(31(3)4)46(39)55-43-16-14-13-15-42(43)54(12)48(55)45-32(5)17-23-38-37-24-20-34(29-44(37)56-47(38)45)41-25-26-52-49(53-41)51(9,10)11/h13-31H,1-12H3/q+1. The molecule has 3 heterocycles. The van der Waals surface area contributed by atoms with E-state index in [1.54, 1.807) is 0 Å². The van der Waals surface area contributed by atoms with E-state index in [1.165, 1.54) is 44.5 Å². The monoisotopic (exact) mass is 739 g/mol. The molecule has 0 spiro atoms. The van der Waals surface area contributed by atoms with Gasteiger partial charge >= 0.3 is 0 Å². The van der Waals surface area contributed by atoms with Crippen LogP contribution in [0.15, 0.2) is 108 Å². The molecule has 5 aromatic carbocycles. The van der Waals surface area contributed by atoms with Crippen LogP contribution in [0.2, 0.25) is 0 Å². The largest absolute Gasteiger partial charge is 0.455 e. The first-order chi connectivity index (χ1) is 26.5. The Morgan fingerprint density at radius 1 is 0.679 bits per heavy atom. The summed E-state index contributed by atoms with van der Waals surface area (Å²) < 4.78 is 11.9. The van der Waals surface area contributed by atoms with Crippen LogP contribution in [0.5, 0.6) is 0 Å². The first-order valence-corrected chi connectivity index (χ1v) is 20.1. The van der Waals surface area contributed by atoms with E-state index < -0.39 is 0 Å². The lowest BCUT2D eigenvalue weighted by Crippen LogP contribution is -2.30. The number of hydrogen-bond donors (Lipinski definition) is 0. The average Bonchev–Trinajstić information content (AvgIpc) is 3.67. The van der Waals surface area contributed by atoms with Crippen molar-refractivity contribution in [2.75, 3.05) is 0 Å². The average molecular weight is 740 g/mol. The van der Waals surface area contributed by atoms with Crippen LogP contribution < -0.4 is 4.57 Å². The summed E-state index contributed by atoms with van der Waals surface area (Å²) in [6, 6.07) is 35.8. The number of furan rings is 1. The van der Waals surface area contributed by atoms with E-state index in [4.69, 9.17) is 9.40 Å². The van der Waals surface area contributed by atoms with Crippen LogP contribution in [0.3, 0.4) is 0 Å². The Kier molecular flexibility index (Phi) is 9.06. The molecule has 3 aromatic heterocycles. The van der Waals surface area contributed by atoms with Crippen molar-refractivity contribution >= 4 is 33.0 Å². The highest BCUT2D eigenvalue weighted by atomic mass is 16.3. The molecule has 0 aliphatic heterocycles. The van der Waals surface area contributed by atoms with Crippen molar-refractivity contribution in [3.63, 3.8) is 0 Å². The minimum Gasteiger partial charge on any atom is -0.455 e. The summed E-state index contributed by atoms with van der Waals surface area (Å²) in [5.74, 6) is 2.48. The van der Waals surface area contributed by atoms with Gasteiger partial charge in [-0.25, -0.2) is 14.5 Å². The normalized spacial score (nSPS) is 12.6. The summed E-state index contributed by atoms with van der Waals surface area (Å²) in [5.41, 5.74) is 16.0. The van der Waals surface area contributed by atoms with Gasteiger partial charge in [0, 0.05) is 39.1 Å². The molecule has 0 saturated carbocycles. The zero-order valence-electron chi connectivity index (χ0n) is 35.2. The number of fused-ring (bicyclic) bond motifs is 4. The summed E-state index contributed by atoms with van der Waals surface area (Å²) in [5, 5.41) is 2.19. The molecule has 284 valence electrons. The van der Waals surface area contributed by atoms with Crippen LogP contribution in [-0.2, 0) is 17.9 Å². The Bertz CT molecular complexity index is 2750. The third kappa shape index (κ3) is 6.31. The highest BCUT2D eigenvalue weighted by Crippen LogP contribution is 2.43. The van der Waals surface area contributed by atoms with E-state index in [-0.39, 0.29) is 22.7 Å². The van der Waals surface area contributed by atoms with Gasteiger partial charge in [0.05, 0.1) is 12.7 Å². The minimum absolute atomic E-state index is 0.103. The van der Waals surface area contributed by atoms with Crippen molar-refractivity contribution in [2.45, 2.75) is 98.8 Å². The molecular formula is C51H55N4O+. The molecule has 0 aliphatic carbocycles. The van der Waals surface area contributed by atoms with E-state index >= 15 is 0 Å². The van der Waals surface area contributed by atoms with Gasteiger partial charge in [0.25, 0.3) is 5.82 Å². The third-order valence-electron chi connectivity index (χ3n) is 11.4. The van der Waals surface area contributed by atoms with Gasteiger partial charge in [-0.1, -0.05) is 124 Å². The Morgan fingerprint density at radius 3 is 1.96 bits per heavy atom. The van der Waals surface area contributed by atoms with E-state index in [9.17, 15) is 0 Å². The molecule has 56 heavy (non-hydrogen) atoms. The second-order valence-corrected chi connectivity index (χ2v) is 18.3. The predicted molar refractivity (Wildman–Crippen MR) is 234 cm³/mol. The van der Waals surface area contributed by atoms with E-state index in [1.807, 2.05) is 12.3 Å². The van der Waals surface area contributed by atoms with Crippen LogP contribution in [-0.4, -0.2) is 14.5 Å². The van der Waals surface area contributed by atoms with Crippen molar-refractivity contribution in [3.05, 3.63) is 131 Å². The molecule has 0 amide bonds. The second kappa shape index (κ2) is 13.6. The summed E-state index contributed by atoms with van der Waals surface area (Å²) in [4.78, 5) is 9.53. The zero-order valence-corrected chi connectivity index (χ0v) is 35.2. The van der Waals surface area contributed by atoms with Gasteiger partial charge in [-0.15, -0.1) is 0 Å². The maximum atomic E-state index is 7.02. The molecule has 5 nitrogen and oxygen atoms in total. The second-order valence-electron chi connectivity index (χ2n) is 18.3. The molecular weight excluding hydrogens is 685 g/mol. The summed E-state index contributed by atoms with van der Waals surface area (Å²) in [6.07, 6.45) is 1.86. The number of aryl methyl sites for hydroxylation is 2. The van der Waals surface area contributed by atoms with Gasteiger partial charge < -0.3 is 4.42 Å². The van der Waals surface area contributed by atoms with Crippen LogP contribution >= 0.6 is 0 Å². The Balaban J connectivity index is 1.39. The third-order valence-corrected chi connectivity index (χ3v) is 11.4. The van der Waals surface area contributed by atoms with Gasteiger partial charge in [-0.2, -0.15) is 4.57 Å². The predicted octanol–water partition coefficient (Wildman–Crippen LogP) is 13.3. The lowest BCUT2D eigenvalue weighted by atomic mass is 9.85. The van der Waals surface area contributed by atoms with Gasteiger partial charge in [-0.3, -0.25) is 0 Å². The van der Waals surface area contributed by atoms with E-state index in [0.717, 1.165) is 56.0 Å². The van der Waals surface area contributed by atoms with E-state index in [0.29, 0.717) is 0 Å². The van der Waals surface area contributed by atoms with E-state index in [2.05, 4.69) is 188 Å². The smallest absolute Gasteiger partial charge is 0.299 e. The van der Waals surface area contributed by atoms with Gasteiger partial charge in [0.1, 0.15) is 22.7 Å². The van der Waals surface area contributed by atoms with Gasteiger partial charge in [0.2, 0.25) is 0 Å². The maximum Gasteiger partial charge on any atom is 0.299 e. The first kappa shape index (κ1) is 37.4. The minimum atomic E-state index is -0.150. The number of hydrogen-bond acceptors (Lipinski definition) is 3. The van der Waals surface area contributed by atoms with Gasteiger partial charge in [0.15, 0.2) is 16.6 Å². The van der Waals surface area contributed by atoms with Crippen LogP contribution in [0, 0.1) is 6.92 Å². The number of imidazole rings is 1. The fraction of sp³-hybridized carbons (Fsp3) is 0.314. The highest BCUT2D eigenvalue weighted by molar-refractivity contribution is 6.10. The molecule has 0 fully saturated rings. The Hall–Kier alpha value is -5.55. The van der Waals surface area contributed by atoms with Gasteiger partial charge in [-0.05, 0) is 88.9 Å². The number of para-hydroxylation sites is 2. The van der Waals surface area contributed by atoms with Crippen molar-refractivity contribution in [2.24, 2.45) is 7.05 Å². The molecule has 0 N–H and O–H groups in total. The SMILES string of the molecule is Cc1ccc2c(oc3cc(-c4ccnc(C(C)(C)C)n4)ccc32)c1-c1n(-c2c(C(C)C)cc(-c3ccc(C(C)(C)C)cc3)cc2C(C)C)c2ccccc2[n+]1C. The van der Waals surface area contributed by atoms with Crippen molar-refractivity contribution < 1.29 is 8.98 Å². The number of benzene rings is 5.